The monoisotopic (exact) mass is 406 g/mol. The Bertz CT molecular complexity index is 734. The van der Waals surface area contributed by atoms with E-state index in [1.54, 1.807) is 41.3 Å². The van der Waals surface area contributed by atoms with E-state index in [2.05, 4.69) is 21.2 Å². The molecule has 0 atom stereocenters. The normalized spacial score (nSPS) is 10.4. The first-order valence-electron chi connectivity index (χ1n) is 8.05. The number of hydrogen-bond donors (Lipinski definition) is 1. The van der Waals surface area contributed by atoms with Crippen molar-refractivity contribution in [1.29, 1.82) is 0 Å². The van der Waals surface area contributed by atoms with E-state index in [-0.39, 0.29) is 30.6 Å². The molecule has 0 aliphatic heterocycles. The van der Waals surface area contributed by atoms with Crippen molar-refractivity contribution in [3.63, 3.8) is 0 Å². The Morgan fingerprint density at radius 3 is 2.52 bits per heavy atom. The fourth-order valence-corrected chi connectivity index (χ4v) is 2.64. The Hall–Kier alpha value is -2.21. The first-order valence-corrected chi connectivity index (χ1v) is 8.85. The maximum atomic E-state index is 13.2. The molecule has 4 nitrogen and oxygen atoms in total. The molecule has 2 rings (SSSR count). The molecule has 0 bridgehead atoms. The van der Waals surface area contributed by atoms with E-state index in [4.69, 9.17) is 0 Å². The number of nitrogens with zero attached hydrogens (tertiary/aromatic N) is 1. The van der Waals surface area contributed by atoms with Crippen LogP contribution in [0.4, 0.5) is 4.39 Å². The summed E-state index contributed by atoms with van der Waals surface area (Å²) in [6, 6.07) is 13.2. The number of carbonyl (C=O) groups excluding carboxylic acids is 2. The van der Waals surface area contributed by atoms with Crippen LogP contribution in [0.3, 0.4) is 0 Å². The molecule has 0 saturated heterocycles. The zero-order valence-corrected chi connectivity index (χ0v) is 15.6. The van der Waals surface area contributed by atoms with Gasteiger partial charge in [-0.25, -0.2) is 4.39 Å². The van der Waals surface area contributed by atoms with Crippen molar-refractivity contribution in [1.82, 2.24) is 10.2 Å². The van der Waals surface area contributed by atoms with Gasteiger partial charge >= 0.3 is 0 Å². The highest BCUT2D eigenvalue weighted by Crippen LogP contribution is 2.11. The number of carbonyl (C=O) groups is 2. The van der Waals surface area contributed by atoms with Crippen LogP contribution in [0, 0.1) is 5.82 Å². The average molecular weight is 407 g/mol. The molecule has 132 valence electrons. The summed E-state index contributed by atoms with van der Waals surface area (Å²) in [5, 5.41) is 2.74. The molecule has 2 aromatic carbocycles. The van der Waals surface area contributed by atoms with Crippen LogP contribution in [-0.4, -0.2) is 29.8 Å². The minimum absolute atomic E-state index is 0.0807. The highest BCUT2D eigenvalue weighted by molar-refractivity contribution is 9.10. The van der Waals surface area contributed by atoms with Crippen LogP contribution in [0.25, 0.3) is 0 Å². The van der Waals surface area contributed by atoms with Crippen molar-refractivity contribution in [2.45, 2.75) is 19.9 Å². The lowest BCUT2D eigenvalue weighted by atomic mass is 10.2. The largest absolute Gasteiger partial charge is 0.352 e. The lowest BCUT2D eigenvalue weighted by Crippen LogP contribution is -2.34. The molecule has 0 aromatic heterocycles. The molecule has 0 aliphatic rings. The van der Waals surface area contributed by atoms with Crippen molar-refractivity contribution in [2.75, 3.05) is 13.1 Å². The van der Waals surface area contributed by atoms with Gasteiger partial charge in [0, 0.05) is 36.1 Å². The van der Waals surface area contributed by atoms with Crippen LogP contribution in [0.5, 0.6) is 0 Å². The Morgan fingerprint density at radius 2 is 1.88 bits per heavy atom. The molecule has 6 heteroatoms. The molecular weight excluding hydrogens is 387 g/mol. The molecule has 0 unspecified atom stereocenters. The molecular formula is C19H20BrFN2O2. The first-order chi connectivity index (χ1) is 12.0. The first kappa shape index (κ1) is 19.1. The van der Waals surface area contributed by atoms with Gasteiger partial charge in [0.25, 0.3) is 5.91 Å². The maximum Gasteiger partial charge on any atom is 0.251 e. The van der Waals surface area contributed by atoms with Crippen LogP contribution in [-0.2, 0) is 11.3 Å². The highest BCUT2D eigenvalue weighted by Gasteiger charge is 2.13. The van der Waals surface area contributed by atoms with E-state index < -0.39 is 0 Å². The fourth-order valence-electron chi connectivity index (χ4n) is 2.38. The van der Waals surface area contributed by atoms with E-state index in [9.17, 15) is 14.0 Å². The van der Waals surface area contributed by atoms with Gasteiger partial charge in [0.15, 0.2) is 0 Å². The summed E-state index contributed by atoms with van der Waals surface area (Å²) in [5.74, 6) is -0.612. The molecule has 2 amide bonds. The second-order valence-corrected chi connectivity index (χ2v) is 6.47. The van der Waals surface area contributed by atoms with Crippen LogP contribution < -0.4 is 5.32 Å². The van der Waals surface area contributed by atoms with Gasteiger partial charge in [-0.05, 0) is 48.9 Å². The third kappa shape index (κ3) is 5.98. The number of benzene rings is 2. The smallest absolute Gasteiger partial charge is 0.251 e. The molecule has 0 aliphatic carbocycles. The van der Waals surface area contributed by atoms with Crippen molar-refractivity contribution in [3.05, 3.63) is 69.9 Å². The molecule has 0 radical (unpaired) electrons. The number of nitrogens with one attached hydrogen (secondary N) is 1. The van der Waals surface area contributed by atoms with Crippen LogP contribution in [0.2, 0.25) is 0 Å². The van der Waals surface area contributed by atoms with Crippen molar-refractivity contribution >= 4 is 27.7 Å². The topological polar surface area (TPSA) is 49.4 Å². The third-order valence-electron chi connectivity index (χ3n) is 3.73. The minimum Gasteiger partial charge on any atom is -0.352 e. The molecule has 0 spiro atoms. The summed E-state index contributed by atoms with van der Waals surface area (Å²) in [7, 11) is 0. The standard InChI is InChI=1S/C19H20BrFN2O2/c1-2-23(13-14-4-3-5-17(21)12-14)18(24)10-11-22-19(25)15-6-8-16(20)9-7-15/h3-9,12H,2,10-11,13H2,1H3,(H,22,25). The van der Waals surface area contributed by atoms with Gasteiger partial charge in [-0.3, -0.25) is 9.59 Å². The number of rotatable bonds is 7. The van der Waals surface area contributed by atoms with Crippen molar-refractivity contribution in [3.8, 4) is 0 Å². The Morgan fingerprint density at radius 1 is 1.16 bits per heavy atom. The van der Waals surface area contributed by atoms with E-state index >= 15 is 0 Å². The summed E-state index contributed by atoms with van der Waals surface area (Å²) >= 11 is 3.32. The Balaban J connectivity index is 1.83. The average Bonchev–Trinajstić information content (AvgIpc) is 2.60. The lowest BCUT2D eigenvalue weighted by molar-refractivity contribution is -0.131. The predicted octanol–water partition coefficient (Wildman–Crippen LogP) is 3.76. The quantitative estimate of drug-likeness (QED) is 0.760. The van der Waals surface area contributed by atoms with Crippen LogP contribution in [0.1, 0.15) is 29.3 Å². The van der Waals surface area contributed by atoms with Crippen molar-refractivity contribution in [2.24, 2.45) is 0 Å². The van der Waals surface area contributed by atoms with Crippen LogP contribution in [0.15, 0.2) is 53.0 Å². The molecule has 25 heavy (non-hydrogen) atoms. The zero-order valence-electron chi connectivity index (χ0n) is 14.0. The van der Waals surface area contributed by atoms with Gasteiger partial charge in [0.2, 0.25) is 5.91 Å². The van der Waals surface area contributed by atoms with E-state index in [1.165, 1.54) is 12.1 Å². The van der Waals surface area contributed by atoms with E-state index in [0.717, 1.165) is 10.0 Å². The van der Waals surface area contributed by atoms with Crippen molar-refractivity contribution < 1.29 is 14.0 Å². The van der Waals surface area contributed by atoms with Gasteiger partial charge in [0.05, 0.1) is 0 Å². The third-order valence-corrected chi connectivity index (χ3v) is 4.26. The maximum absolute atomic E-state index is 13.2. The van der Waals surface area contributed by atoms with E-state index in [0.29, 0.717) is 18.7 Å². The highest BCUT2D eigenvalue weighted by atomic mass is 79.9. The summed E-state index contributed by atoms with van der Waals surface area (Å²) in [6.45, 7) is 3.01. The van der Waals surface area contributed by atoms with Gasteiger partial charge in [-0.1, -0.05) is 28.1 Å². The Kier molecular flexibility index (Phi) is 7.13. The summed E-state index contributed by atoms with van der Waals surface area (Å²) in [4.78, 5) is 26.0. The van der Waals surface area contributed by atoms with Crippen LogP contribution >= 0.6 is 15.9 Å². The molecule has 0 saturated carbocycles. The van der Waals surface area contributed by atoms with Gasteiger partial charge < -0.3 is 10.2 Å². The van der Waals surface area contributed by atoms with Gasteiger partial charge in [-0.15, -0.1) is 0 Å². The van der Waals surface area contributed by atoms with Gasteiger partial charge in [0.1, 0.15) is 5.82 Å². The number of halogens is 2. The summed E-state index contributed by atoms with van der Waals surface area (Å²) < 4.78 is 14.1. The predicted molar refractivity (Wildman–Crippen MR) is 98.6 cm³/mol. The molecule has 2 aromatic rings. The fraction of sp³-hybridized carbons (Fsp3) is 0.263. The van der Waals surface area contributed by atoms with E-state index in [1.807, 2.05) is 6.92 Å². The lowest BCUT2D eigenvalue weighted by Gasteiger charge is -2.21. The summed E-state index contributed by atoms with van der Waals surface area (Å²) in [6.07, 6.45) is 0.200. The minimum atomic E-state index is -0.317. The Labute approximate surface area is 155 Å². The molecule has 1 N–H and O–H groups in total. The number of amides is 2. The zero-order chi connectivity index (χ0) is 18.2. The second kappa shape index (κ2) is 9.32. The van der Waals surface area contributed by atoms with Gasteiger partial charge in [-0.2, -0.15) is 0 Å². The molecule has 0 heterocycles. The summed E-state index contributed by atoms with van der Waals surface area (Å²) in [5.41, 5.74) is 1.29. The second-order valence-electron chi connectivity index (χ2n) is 5.55. The molecule has 0 fully saturated rings. The SMILES string of the molecule is CCN(Cc1cccc(F)c1)C(=O)CCNC(=O)c1ccc(Br)cc1. The number of hydrogen-bond acceptors (Lipinski definition) is 2.